The van der Waals surface area contributed by atoms with Gasteiger partial charge in [0.25, 0.3) is 5.91 Å². The van der Waals surface area contributed by atoms with Crippen molar-refractivity contribution >= 4 is 17.5 Å². The van der Waals surface area contributed by atoms with Gasteiger partial charge in [-0.2, -0.15) is 0 Å². The van der Waals surface area contributed by atoms with Crippen molar-refractivity contribution in [3.05, 3.63) is 88.7 Å². The molecule has 0 saturated heterocycles. The highest BCUT2D eigenvalue weighted by molar-refractivity contribution is 6.29. The molecular formula is C24H23ClN2O2. The van der Waals surface area contributed by atoms with E-state index in [2.05, 4.69) is 28.5 Å². The molecule has 0 radical (unpaired) electrons. The lowest BCUT2D eigenvalue weighted by Crippen LogP contribution is -2.25. The van der Waals surface area contributed by atoms with Crippen LogP contribution in [-0.4, -0.2) is 17.4 Å². The summed E-state index contributed by atoms with van der Waals surface area (Å²) in [5.74, 6) is 1.53. The van der Waals surface area contributed by atoms with Crippen molar-refractivity contribution < 1.29 is 9.53 Å². The Hall–Kier alpha value is -2.85. The lowest BCUT2D eigenvalue weighted by atomic mass is 10.1. The topological polar surface area (TPSA) is 51.2 Å². The van der Waals surface area contributed by atoms with E-state index in [4.69, 9.17) is 16.3 Å². The van der Waals surface area contributed by atoms with E-state index in [9.17, 15) is 4.79 Å². The minimum absolute atomic E-state index is 0.212. The zero-order valence-corrected chi connectivity index (χ0v) is 16.9. The van der Waals surface area contributed by atoms with Crippen molar-refractivity contribution in [3.8, 4) is 11.5 Å². The summed E-state index contributed by atoms with van der Waals surface area (Å²) in [4.78, 5) is 16.8. The molecule has 1 fully saturated rings. The number of nitrogens with zero attached hydrogens (tertiary/aromatic N) is 1. The van der Waals surface area contributed by atoms with Gasteiger partial charge < -0.3 is 10.1 Å². The fraction of sp³-hybridized carbons (Fsp3) is 0.250. The lowest BCUT2D eigenvalue weighted by Gasteiger charge is -2.12. The molecule has 1 aliphatic carbocycles. The second kappa shape index (κ2) is 9.10. The third-order valence-electron chi connectivity index (χ3n) is 4.98. The van der Waals surface area contributed by atoms with Gasteiger partial charge in [-0.15, -0.1) is 0 Å². The number of hydrogen-bond donors (Lipinski definition) is 1. The molecular weight excluding hydrogens is 384 g/mol. The molecule has 1 heterocycles. The Labute approximate surface area is 175 Å². The number of rotatable bonds is 8. The minimum Gasteiger partial charge on any atom is -0.455 e. The van der Waals surface area contributed by atoms with Gasteiger partial charge >= 0.3 is 0 Å². The van der Waals surface area contributed by atoms with E-state index < -0.39 is 0 Å². The Morgan fingerprint density at radius 3 is 2.72 bits per heavy atom. The highest BCUT2D eigenvalue weighted by Gasteiger charge is 2.24. The van der Waals surface area contributed by atoms with Crippen LogP contribution < -0.4 is 10.1 Å². The molecule has 4 nitrogen and oxygen atoms in total. The molecule has 1 aromatic heterocycles. The summed E-state index contributed by atoms with van der Waals surface area (Å²) in [6, 6.07) is 19.8. The highest BCUT2D eigenvalue weighted by Crippen LogP contribution is 2.41. The minimum atomic E-state index is -0.212. The van der Waals surface area contributed by atoms with Crippen LogP contribution in [0, 0.1) is 0 Å². The molecule has 148 valence electrons. The first-order valence-corrected chi connectivity index (χ1v) is 10.3. The normalized spacial score (nSPS) is 13.1. The molecule has 4 rings (SSSR count). The van der Waals surface area contributed by atoms with Crippen molar-refractivity contribution in [2.75, 3.05) is 6.54 Å². The van der Waals surface area contributed by atoms with Crippen LogP contribution in [0.5, 0.6) is 11.5 Å². The van der Waals surface area contributed by atoms with Crippen molar-refractivity contribution in [1.29, 1.82) is 0 Å². The smallest absolute Gasteiger partial charge is 0.255 e. The van der Waals surface area contributed by atoms with Crippen LogP contribution >= 0.6 is 11.6 Å². The van der Waals surface area contributed by atoms with Crippen LogP contribution in [0.1, 0.15) is 46.7 Å². The Balaban J connectivity index is 1.40. The van der Waals surface area contributed by atoms with Crippen LogP contribution in [0.2, 0.25) is 5.15 Å². The monoisotopic (exact) mass is 406 g/mol. The molecule has 0 bridgehead atoms. The lowest BCUT2D eigenvalue weighted by molar-refractivity contribution is 0.0951. The largest absolute Gasteiger partial charge is 0.455 e. The van der Waals surface area contributed by atoms with Gasteiger partial charge in [0.2, 0.25) is 0 Å². The maximum absolute atomic E-state index is 12.7. The van der Waals surface area contributed by atoms with Gasteiger partial charge in [0.1, 0.15) is 10.9 Å². The number of amides is 1. The van der Waals surface area contributed by atoms with Gasteiger partial charge in [0, 0.05) is 6.54 Å². The van der Waals surface area contributed by atoms with E-state index in [1.807, 2.05) is 36.4 Å². The fourth-order valence-corrected chi connectivity index (χ4v) is 3.44. The average Bonchev–Trinajstić information content (AvgIpc) is 3.59. The van der Waals surface area contributed by atoms with Crippen LogP contribution in [-0.2, 0) is 6.42 Å². The molecule has 0 spiro atoms. The first kappa shape index (κ1) is 19.5. The van der Waals surface area contributed by atoms with Gasteiger partial charge in [-0.05, 0) is 60.9 Å². The number of carbonyl (C=O) groups excluding carboxylic acids is 1. The third kappa shape index (κ3) is 5.36. The average molecular weight is 407 g/mol. The Morgan fingerprint density at radius 1 is 1.10 bits per heavy atom. The standard InChI is InChI=1S/C24H23ClN2O2/c25-23-15-21(24(28)26-13-5-8-17-6-2-1-3-7-17)22(16-27-23)29-20-10-4-9-19(14-20)18-11-12-18/h1-4,6-7,9-10,14-16,18H,5,8,11-13H2,(H,26,28). The Kier molecular flexibility index (Phi) is 6.11. The van der Waals surface area contributed by atoms with Gasteiger partial charge in [0.05, 0.1) is 11.8 Å². The summed E-state index contributed by atoms with van der Waals surface area (Å²) in [5.41, 5.74) is 2.92. The predicted molar refractivity (Wildman–Crippen MR) is 115 cm³/mol. The Morgan fingerprint density at radius 2 is 1.93 bits per heavy atom. The number of hydrogen-bond acceptors (Lipinski definition) is 3. The molecule has 1 saturated carbocycles. The molecule has 1 aliphatic rings. The van der Waals surface area contributed by atoms with Gasteiger partial charge in [0.15, 0.2) is 5.75 Å². The molecule has 2 aromatic carbocycles. The zero-order chi connectivity index (χ0) is 20.1. The third-order valence-corrected chi connectivity index (χ3v) is 5.19. The summed E-state index contributed by atoms with van der Waals surface area (Å²) >= 11 is 6.03. The molecule has 0 atom stereocenters. The summed E-state index contributed by atoms with van der Waals surface area (Å²) in [6.45, 7) is 0.574. The number of pyridine rings is 1. The summed E-state index contributed by atoms with van der Waals surface area (Å²) in [6.07, 6.45) is 5.72. The molecule has 0 aliphatic heterocycles. The van der Waals surface area contributed by atoms with Crippen LogP contribution in [0.25, 0.3) is 0 Å². The predicted octanol–water partition coefficient (Wildman–Crippen LogP) is 5.77. The maximum Gasteiger partial charge on any atom is 0.255 e. The number of ether oxygens (including phenoxy) is 1. The maximum atomic E-state index is 12.7. The number of carbonyl (C=O) groups is 1. The van der Waals surface area contributed by atoms with E-state index in [0.717, 1.165) is 12.8 Å². The van der Waals surface area contributed by atoms with Crippen LogP contribution in [0.3, 0.4) is 0 Å². The number of benzene rings is 2. The molecule has 3 aromatic rings. The number of aromatic nitrogens is 1. The fourth-order valence-electron chi connectivity index (χ4n) is 3.29. The van der Waals surface area contributed by atoms with E-state index in [1.165, 1.54) is 30.2 Å². The van der Waals surface area contributed by atoms with E-state index in [-0.39, 0.29) is 11.1 Å². The molecule has 5 heteroatoms. The van der Waals surface area contributed by atoms with E-state index in [1.54, 1.807) is 6.07 Å². The number of aryl methyl sites for hydroxylation is 1. The first-order chi connectivity index (χ1) is 14.2. The van der Waals surface area contributed by atoms with Crippen LogP contribution in [0.4, 0.5) is 0 Å². The van der Waals surface area contributed by atoms with Gasteiger partial charge in [-0.25, -0.2) is 4.98 Å². The second-order valence-electron chi connectivity index (χ2n) is 7.30. The number of halogens is 1. The summed E-state index contributed by atoms with van der Waals surface area (Å²) < 4.78 is 6.00. The van der Waals surface area contributed by atoms with Gasteiger partial charge in [-0.1, -0.05) is 54.1 Å². The molecule has 1 amide bonds. The highest BCUT2D eigenvalue weighted by atomic mass is 35.5. The molecule has 0 unspecified atom stereocenters. The summed E-state index contributed by atoms with van der Waals surface area (Å²) in [5, 5.41) is 3.22. The van der Waals surface area contributed by atoms with Gasteiger partial charge in [-0.3, -0.25) is 4.79 Å². The van der Waals surface area contributed by atoms with Crippen molar-refractivity contribution in [2.45, 2.75) is 31.6 Å². The van der Waals surface area contributed by atoms with E-state index in [0.29, 0.717) is 29.5 Å². The van der Waals surface area contributed by atoms with Crippen molar-refractivity contribution in [1.82, 2.24) is 10.3 Å². The quantitative estimate of drug-likeness (QED) is 0.381. The first-order valence-electron chi connectivity index (χ1n) is 9.94. The molecule has 1 N–H and O–H groups in total. The Bertz CT molecular complexity index is 987. The SMILES string of the molecule is O=C(NCCCc1ccccc1)c1cc(Cl)ncc1Oc1cccc(C2CC2)c1. The summed E-state index contributed by atoms with van der Waals surface area (Å²) in [7, 11) is 0. The zero-order valence-electron chi connectivity index (χ0n) is 16.1. The van der Waals surface area contributed by atoms with Crippen LogP contribution in [0.15, 0.2) is 66.9 Å². The molecule has 29 heavy (non-hydrogen) atoms. The number of nitrogens with one attached hydrogen (secondary N) is 1. The van der Waals surface area contributed by atoms with Crippen molar-refractivity contribution in [3.63, 3.8) is 0 Å². The van der Waals surface area contributed by atoms with E-state index >= 15 is 0 Å². The second-order valence-corrected chi connectivity index (χ2v) is 7.68. The van der Waals surface area contributed by atoms with Crippen molar-refractivity contribution in [2.24, 2.45) is 0 Å².